The zero-order valence-electron chi connectivity index (χ0n) is 24.0. The van der Waals surface area contributed by atoms with E-state index in [0.29, 0.717) is 24.8 Å². The van der Waals surface area contributed by atoms with Gasteiger partial charge in [-0.2, -0.15) is 5.10 Å². The van der Waals surface area contributed by atoms with Gasteiger partial charge in [-0.05, 0) is 58.7 Å². The zero-order valence-corrected chi connectivity index (χ0v) is 25.6. The number of anilines is 2. The van der Waals surface area contributed by atoms with Crippen molar-refractivity contribution < 1.29 is 22.7 Å². The van der Waals surface area contributed by atoms with Crippen LogP contribution < -0.4 is 10.1 Å². The number of likely N-dealkylation sites (tertiary alicyclic amines) is 1. The number of piperidine rings is 1. The van der Waals surface area contributed by atoms with Crippen LogP contribution in [0.3, 0.4) is 0 Å². The molecule has 41 heavy (non-hydrogen) atoms. The predicted molar refractivity (Wildman–Crippen MR) is 159 cm³/mol. The Morgan fingerprint density at radius 1 is 1.17 bits per heavy atom. The molecule has 1 aromatic carbocycles. The molecule has 13 heteroatoms. The molecule has 0 saturated carbocycles. The lowest BCUT2D eigenvalue weighted by Gasteiger charge is -2.33. The first-order valence-electron chi connectivity index (χ1n) is 13.3. The van der Waals surface area contributed by atoms with E-state index in [9.17, 15) is 13.2 Å². The molecule has 1 amide bonds. The summed E-state index contributed by atoms with van der Waals surface area (Å²) in [7, 11) is -1.85. The number of methoxy groups -OCH3 is 1. The molecule has 0 atom stereocenters. The SMILES string of the molecule is COc1cc(S(C)(=O)=O)ccc1-c1c(C)sc2cnc(Nc3cnn(C4CCN(C(=O)OC(C)(C)C)CC4)c3)nc12. The number of aryl methyl sites for hydroxylation is 1. The molecule has 1 saturated heterocycles. The van der Waals surface area contributed by atoms with Gasteiger partial charge in [0.25, 0.3) is 0 Å². The summed E-state index contributed by atoms with van der Waals surface area (Å²) in [4.78, 5) is 24.7. The predicted octanol–water partition coefficient (Wildman–Crippen LogP) is 5.59. The van der Waals surface area contributed by atoms with Crippen molar-refractivity contribution in [1.82, 2.24) is 24.6 Å². The monoisotopic (exact) mass is 598 g/mol. The lowest BCUT2D eigenvalue weighted by atomic mass is 10.0. The lowest BCUT2D eigenvalue weighted by Crippen LogP contribution is -2.42. The third-order valence-electron chi connectivity index (χ3n) is 6.83. The van der Waals surface area contributed by atoms with Gasteiger partial charge in [0, 0.05) is 41.5 Å². The number of amides is 1. The van der Waals surface area contributed by atoms with E-state index in [1.165, 1.54) is 13.4 Å². The molecule has 1 aliphatic heterocycles. The summed E-state index contributed by atoms with van der Waals surface area (Å²) in [6.07, 6.45) is 7.89. The van der Waals surface area contributed by atoms with Gasteiger partial charge in [-0.3, -0.25) is 4.68 Å². The Labute approximate surface area is 243 Å². The number of hydrogen-bond donors (Lipinski definition) is 1. The summed E-state index contributed by atoms with van der Waals surface area (Å²) in [6.45, 7) is 8.82. The number of nitrogens with zero attached hydrogens (tertiary/aromatic N) is 5. The molecule has 0 bridgehead atoms. The number of hydrogen-bond acceptors (Lipinski definition) is 10. The Kier molecular flexibility index (Phi) is 7.68. The zero-order chi connectivity index (χ0) is 29.5. The van der Waals surface area contributed by atoms with Crippen LogP contribution in [0.5, 0.6) is 5.75 Å². The number of carbonyl (C=O) groups is 1. The fourth-order valence-corrected chi connectivity index (χ4v) is 6.49. The van der Waals surface area contributed by atoms with Crippen LogP contribution in [0.15, 0.2) is 41.7 Å². The number of fused-ring (bicyclic) bond motifs is 1. The Balaban J connectivity index is 1.34. The van der Waals surface area contributed by atoms with E-state index < -0.39 is 15.4 Å². The van der Waals surface area contributed by atoms with Crippen molar-refractivity contribution in [1.29, 1.82) is 0 Å². The summed E-state index contributed by atoms with van der Waals surface area (Å²) < 4.78 is 38.1. The van der Waals surface area contributed by atoms with E-state index in [1.807, 2.05) is 38.6 Å². The first-order valence-corrected chi connectivity index (χ1v) is 16.0. The van der Waals surface area contributed by atoms with Gasteiger partial charge < -0.3 is 19.7 Å². The number of aromatic nitrogens is 4. The average Bonchev–Trinajstić information content (AvgIpc) is 3.50. The van der Waals surface area contributed by atoms with Crippen molar-refractivity contribution in [2.45, 2.75) is 57.1 Å². The Hall–Kier alpha value is -3.71. The number of nitrogens with one attached hydrogen (secondary N) is 1. The first-order chi connectivity index (χ1) is 19.3. The summed E-state index contributed by atoms with van der Waals surface area (Å²) in [5.74, 6) is 0.880. The fourth-order valence-electron chi connectivity index (χ4n) is 4.86. The Bertz CT molecular complexity index is 1700. The number of benzene rings is 1. The van der Waals surface area contributed by atoms with Gasteiger partial charge in [-0.25, -0.2) is 23.2 Å². The van der Waals surface area contributed by atoms with E-state index >= 15 is 0 Å². The molecule has 1 aliphatic rings. The molecular weight excluding hydrogens is 564 g/mol. The fraction of sp³-hybridized carbons (Fsp3) is 0.429. The molecule has 0 radical (unpaired) electrons. The number of ether oxygens (including phenoxy) is 2. The molecule has 0 spiro atoms. The quantitative estimate of drug-likeness (QED) is 0.302. The number of carbonyl (C=O) groups excluding carboxylic acids is 1. The number of thiophene rings is 1. The smallest absolute Gasteiger partial charge is 0.410 e. The minimum Gasteiger partial charge on any atom is -0.496 e. The number of sulfone groups is 1. The van der Waals surface area contributed by atoms with Crippen LogP contribution in [0.1, 0.15) is 44.5 Å². The largest absolute Gasteiger partial charge is 0.496 e. The van der Waals surface area contributed by atoms with E-state index in [1.54, 1.807) is 46.8 Å². The topological polar surface area (TPSA) is 129 Å². The van der Waals surface area contributed by atoms with Crippen molar-refractivity contribution in [2.24, 2.45) is 0 Å². The molecule has 5 rings (SSSR count). The molecule has 11 nitrogen and oxygen atoms in total. The summed E-state index contributed by atoms with van der Waals surface area (Å²) in [5, 5.41) is 7.81. The highest BCUT2D eigenvalue weighted by molar-refractivity contribution is 7.90. The average molecular weight is 599 g/mol. The minimum atomic E-state index is -3.38. The highest BCUT2D eigenvalue weighted by Gasteiger charge is 2.28. The lowest BCUT2D eigenvalue weighted by molar-refractivity contribution is 0.0184. The Morgan fingerprint density at radius 3 is 2.56 bits per heavy atom. The van der Waals surface area contributed by atoms with Crippen LogP contribution in [0, 0.1) is 6.92 Å². The molecule has 218 valence electrons. The second-order valence-corrected chi connectivity index (χ2v) is 14.4. The highest BCUT2D eigenvalue weighted by atomic mass is 32.2. The van der Waals surface area contributed by atoms with Crippen LogP contribution in [-0.2, 0) is 14.6 Å². The maximum Gasteiger partial charge on any atom is 0.410 e. The van der Waals surface area contributed by atoms with E-state index in [0.717, 1.165) is 44.7 Å². The van der Waals surface area contributed by atoms with Crippen molar-refractivity contribution in [3.8, 4) is 16.9 Å². The summed E-state index contributed by atoms with van der Waals surface area (Å²) in [5.41, 5.74) is 2.62. The van der Waals surface area contributed by atoms with Crippen molar-refractivity contribution in [3.05, 3.63) is 41.7 Å². The van der Waals surface area contributed by atoms with Crippen LogP contribution in [-0.4, -0.2) is 71.2 Å². The molecule has 4 aromatic rings. The molecule has 3 aromatic heterocycles. The standard InChI is InChI=1S/C28H34N6O5S2/c1-17-24(21-8-7-20(41(6,36)37)13-22(21)38-5)25-23(40-17)15-29-26(32-25)31-18-14-30-34(16-18)19-9-11-33(12-10-19)27(35)39-28(2,3)4/h7-8,13-16,19H,9-12H2,1-6H3,(H,29,31,32). The first kappa shape index (κ1) is 28.8. The molecule has 1 N–H and O–H groups in total. The highest BCUT2D eigenvalue weighted by Crippen LogP contribution is 2.42. The van der Waals surface area contributed by atoms with Crippen LogP contribution in [0.25, 0.3) is 21.3 Å². The summed E-state index contributed by atoms with van der Waals surface area (Å²) >= 11 is 1.57. The maximum absolute atomic E-state index is 12.4. The van der Waals surface area contributed by atoms with Gasteiger partial charge in [-0.1, -0.05) is 0 Å². The van der Waals surface area contributed by atoms with Crippen molar-refractivity contribution >= 4 is 49.1 Å². The third kappa shape index (κ3) is 6.30. The minimum absolute atomic E-state index is 0.168. The van der Waals surface area contributed by atoms with Crippen LogP contribution in [0.2, 0.25) is 0 Å². The van der Waals surface area contributed by atoms with E-state index in [2.05, 4.69) is 15.4 Å². The van der Waals surface area contributed by atoms with Gasteiger partial charge in [0.1, 0.15) is 11.4 Å². The molecule has 0 unspecified atom stereocenters. The van der Waals surface area contributed by atoms with E-state index in [-0.39, 0.29) is 17.0 Å². The second-order valence-electron chi connectivity index (χ2n) is 11.1. The Morgan fingerprint density at radius 2 is 1.90 bits per heavy atom. The normalized spacial score (nSPS) is 14.8. The van der Waals surface area contributed by atoms with Gasteiger partial charge in [0.05, 0.1) is 46.3 Å². The molecule has 4 heterocycles. The summed E-state index contributed by atoms with van der Waals surface area (Å²) in [6, 6.07) is 5.06. The van der Waals surface area contributed by atoms with Gasteiger partial charge >= 0.3 is 6.09 Å². The van der Waals surface area contributed by atoms with Crippen LogP contribution >= 0.6 is 11.3 Å². The van der Waals surface area contributed by atoms with Gasteiger partial charge in [0.2, 0.25) is 5.95 Å². The number of rotatable bonds is 6. The van der Waals surface area contributed by atoms with Gasteiger partial charge in [-0.15, -0.1) is 11.3 Å². The third-order valence-corrected chi connectivity index (χ3v) is 8.96. The maximum atomic E-state index is 12.4. The van der Waals surface area contributed by atoms with Gasteiger partial charge in [0.15, 0.2) is 9.84 Å². The second kappa shape index (κ2) is 10.9. The van der Waals surface area contributed by atoms with Crippen molar-refractivity contribution in [2.75, 3.05) is 31.8 Å². The van der Waals surface area contributed by atoms with E-state index in [4.69, 9.17) is 14.5 Å². The molecular formula is C28H34N6O5S2. The van der Waals surface area contributed by atoms with Crippen molar-refractivity contribution in [3.63, 3.8) is 0 Å². The molecule has 1 fully saturated rings. The molecule has 0 aliphatic carbocycles. The van der Waals surface area contributed by atoms with Crippen LogP contribution in [0.4, 0.5) is 16.4 Å².